The van der Waals surface area contributed by atoms with Crippen LogP contribution in [0.15, 0.2) is 0 Å². The maximum Gasteiger partial charge on any atom is 0 e. The summed E-state index contributed by atoms with van der Waals surface area (Å²) in [4.78, 5) is 0. The van der Waals surface area contributed by atoms with Crippen LogP contribution in [0.25, 0.3) is 11.5 Å². The molecule has 0 aromatic carbocycles. The molecule has 0 atom stereocenters. The van der Waals surface area contributed by atoms with Gasteiger partial charge in [-0.1, -0.05) is 41.5 Å². The van der Waals surface area contributed by atoms with Crippen molar-refractivity contribution in [2.75, 3.05) is 0 Å². The second-order valence-electron chi connectivity index (χ2n) is 4.50. The van der Waals surface area contributed by atoms with E-state index in [4.69, 9.17) is 11.5 Å². The summed E-state index contributed by atoms with van der Waals surface area (Å²) in [7, 11) is 0. The van der Waals surface area contributed by atoms with Gasteiger partial charge in [-0.2, -0.15) is 0 Å². The molecule has 0 saturated carbocycles. The third kappa shape index (κ3) is 1340. The molecule has 0 aromatic rings. The summed E-state index contributed by atoms with van der Waals surface area (Å²) in [5, 5.41) is 0. The van der Waals surface area contributed by atoms with Crippen molar-refractivity contribution in [2.24, 2.45) is 0 Å². The zero-order valence-corrected chi connectivity index (χ0v) is 12.1. The maximum absolute atomic E-state index is 6.94. The molecule has 68 valence electrons. The van der Waals surface area contributed by atoms with Crippen LogP contribution in [0.5, 0.6) is 0 Å². The first-order valence-corrected chi connectivity index (χ1v) is 3.50. The second-order valence-corrected chi connectivity index (χ2v) is 4.50. The van der Waals surface area contributed by atoms with Gasteiger partial charge in [-0.05, 0) is 0 Å². The van der Waals surface area contributed by atoms with Crippen LogP contribution < -0.4 is 0 Å². The minimum Gasteiger partial charge on any atom is -0.673 e. The van der Waals surface area contributed by atoms with Gasteiger partial charge >= 0.3 is 0 Å². The van der Waals surface area contributed by atoms with Crippen LogP contribution in [0.2, 0.25) is 0 Å². The molecule has 0 radical (unpaired) electrons. The van der Waals surface area contributed by atoms with Crippen molar-refractivity contribution in [2.45, 2.75) is 52.6 Å². The van der Waals surface area contributed by atoms with E-state index in [9.17, 15) is 0 Å². The molecule has 2 N–H and O–H groups in total. The first-order valence-electron chi connectivity index (χ1n) is 3.50. The van der Waals surface area contributed by atoms with Crippen molar-refractivity contribution in [1.29, 1.82) is 0 Å². The fourth-order valence-corrected chi connectivity index (χ4v) is 0. The van der Waals surface area contributed by atoms with Crippen molar-refractivity contribution >= 4 is 0 Å². The summed E-state index contributed by atoms with van der Waals surface area (Å²) in [6.45, 7) is 11.1. The molecule has 0 aromatic heterocycles. The van der Waals surface area contributed by atoms with E-state index in [0.717, 1.165) is 0 Å². The fraction of sp³-hybridized carbons (Fsp3) is 1.00. The normalized spacial score (nSPS) is 10.9. The van der Waals surface area contributed by atoms with Gasteiger partial charge in [0, 0.05) is 25.8 Å². The SMILES string of the molecule is CC(C)(C)[NH-].CC(C)(C)[NH-].[Hf]. The summed E-state index contributed by atoms with van der Waals surface area (Å²) < 4.78 is 0. The molecule has 2 nitrogen and oxygen atoms in total. The van der Waals surface area contributed by atoms with E-state index in [-0.39, 0.29) is 36.9 Å². The van der Waals surface area contributed by atoms with Crippen LogP contribution in [0, 0.1) is 0 Å². The van der Waals surface area contributed by atoms with Gasteiger partial charge in [0.15, 0.2) is 0 Å². The zero-order valence-electron chi connectivity index (χ0n) is 8.50. The van der Waals surface area contributed by atoms with Crippen LogP contribution in [0.1, 0.15) is 41.5 Å². The Morgan fingerprint density at radius 2 is 0.636 bits per heavy atom. The molecule has 0 unspecified atom stereocenters. The molecule has 0 amide bonds. The van der Waals surface area contributed by atoms with Gasteiger partial charge in [-0.3, -0.25) is 0 Å². The minimum absolute atomic E-state index is 0. The molecule has 0 aliphatic rings. The van der Waals surface area contributed by atoms with E-state index in [1.165, 1.54) is 0 Å². The van der Waals surface area contributed by atoms with E-state index in [0.29, 0.717) is 0 Å². The fourth-order valence-electron chi connectivity index (χ4n) is 0. The smallest absolute Gasteiger partial charge is 0 e. The number of nitrogens with one attached hydrogen (secondary N) is 2. The Morgan fingerprint density at radius 3 is 0.636 bits per heavy atom. The first kappa shape index (κ1) is 17.8. The van der Waals surface area contributed by atoms with Crippen LogP contribution in [0.3, 0.4) is 0 Å². The van der Waals surface area contributed by atoms with Crippen LogP contribution >= 0.6 is 0 Å². The average Bonchev–Trinajstić information content (AvgIpc) is 1.12. The Kier molecular flexibility index (Phi) is 10.2. The van der Waals surface area contributed by atoms with Crippen LogP contribution in [-0.2, 0) is 25.8 Å². The minimum atomic E-state index is -0.250. The molecule has 3 heteroatoms. The largest absolute Gasteiger partial charge is 0.673 e. The second kappa shape index (κ2) is 6.32. The molecule has 0 aliphatic heterocycles. The first-order chi connectivity index (χ1) is 4.00. The van der Waals surface area contributed by atoms with Crippen LogP contribution in [0.4, 0.5) is 0 Å². The van der Waals surface area contributed by atoms with Gasteiger partial charge in [-0.15, -0.1) is 11.1 Å². The molecular weight excluding hydrogens is 303 g/mol. The molecule has 0 bridgehead atoms. The maximum atomic E-state index is 6.94. The Hall–Kier alpha value is 0.790. The topological polar surface area (TPSA) is 47.6 Å². The van der Waals surface area contributed by atoms with Crippen molar-refractivity contribution in [3.05, 3.63) is 11.5 Å². The Morgan fingerprint density at radius 1 is 0.636 bits per heavy atom. The summed E-state index contributed by atoms with van der Waals surface area (Å²) in [6.07, 6.45) is 0. The zero-order chi connectivity index (χ0) is 9.00. The molecule has 0 heterocycles. The summed E-state index contributed by atoms with van der Waals surface area (Å²) in [6, 6.07) is 0. The van der Waals surface area contributed by atoms with E-state index in [2.05, 4.69) is 0 Å². The molecule has 11 heavy (non-hydrogen) atoms. The number of hydrogen-bond acceptors (Lipinski definition) is 0. The molecule has 0 fully saturated rings. The van der Waals surface area contributed by atoms with Gasteiger partial charge in [-0.25, -0.2) is 0 Å². The predicted octanol–water partition coefficient (Wildman–Crippen LogP) is 3.67. The van der Waals surface area contributed by atoms with Gasteiger partial charge in [0.1, 0.15) is 0 Å². The summed E-state index contributed by atoms with van der Waals surface area (Å²) in [5.41, 5.74) is 13.4. The predicted molar refractivity (Wildman–Crippen MR) is 48.1 cm³/mol. The Balaban J connectivity index is -0.000000107. The van der Waals surface area contributed by atoms with Crippen molar-refractivity contribution < 1.29 is 25.8 Å². The van der Waals surface area contributed by atoms with E-state index < -0.39 is 0 Å². The van der Waals surface area contributed by atoms with Crippen molar-refractivity contribution in [3.8, 4) is 0 Å². The molecule has 0 rings (SSSR count). The quantitative estimate of drug-likeness (QED) is 0.611. The molecule has 0 spiro atoms. The number of rotatable bonds is 0. The summed E-state index contributed by atoms with van der Waals surface area (Å²) >= 11 is 0. The van der Waals surface area contributed by atoms with Crippen LogP contribution in [-0.4, -0.2) is 11.1 Å². The average molecular weight is 323 g/mol. The third-order valence-electron chi connectivity index (χ3n) is 0. The van der Waals surface area contributed by atoms with Gasteiger partial charge in [0.2, 0.25) is 0 Å². The van der Waals surface area contributed by atoms with E-state index in [1.54, 1.807) is 0 Å². The Bertz CT molecular complexity index is 55.1. The Labute approximate surface area is 89.9 Å². The monoisotopic (exact) mass is 324 g/mol. The molecule has 0 saturated heterocycles. The number of hydrogen-bond donors (Lipinski definition) is 0. The van der Waals surface area contributed by atoms with Gasteiger partial charge < -0.3 is 11.5 Å². The van der Waals surface area contributed by atoms with E-state index in [1.807, 2.05) is 41.5 Å². The van der Waals surface area contributed by atoms with Gasteiger partial charge in [0.25, 0.3) is 0 Å². The molecule has 0 aliphatic carbocycles. The molecular formula is C8H20HfN2-2. The standard InChI is InChI=1S/2C4H10N.Hf/c2*1-4(2,3)5;/h2*5H,1-3H3;/q2*-1;. The van der Waals surface area contributed by atoms with Crippen molar-refractivity contribution in [1.82, 2.24) is 0 Å². The third-order valence-corrected chi connectivity index (χ3v) is 0. The van der Waals surface area contributed by atoms with E-state index >= 15 is 0 Å². The summed E-state index contributed by atoms with van der Waals surface area (Å²) in [5.74, 6) is 0. The van der Waals surface area contributed by atoms with Gasteiger partial charge in [0.05, 0.1) is 0 Å². The van der Waals surface area contributed by atoms with Crippen molar-refractivity contribution in [3.63, 3.8) is 0 Å².